The molecule has 1 aromatic heterocycles. The average Bonchev–Trinajstić information content (AvgIpc) is 2.39. The van der Waals surface area contributed by atoms with Crippen LogP contribution in [0.3, 0.4) is 0 Å². The molecule has 0 unspecified atom stereocenters. The van der Waals surface area contributed by atoms with E-state index in [1.54, 1.807) is 0 Å². The fourth-order valence-corrected chi connectivity index (χ4v) is 2.76. The van der Waals surface area contributed by atoms with Gasteiger partial charge in [-0.3, -0.25) is 0 Å². The van der Waals surface area contributed by atoms with Gasteiger partial charge in [-0.1, -0.05) is 11.8 Å². The topological polar surface area (TPSA) is 37.8 Å². The van der Waals surface area contributed by atoms with E-state index >= 15 is 0 Å². The minimum atomic E-state index is -0.873. The molecule has 3 nitrogen and oxygen atoms in total. The van der Waals surface area contributed by atoms with E-state index in [9.17, 15) is 8.78 Å². The lowest BCUT2D eigenvalue weighted by Gasteiger charge is -2.08. The molecule has 0 atom stereocenters. The van der Waals surface area contributed by atoms with Crippen LogP contribution in [0.2, 0.25) is 0 Å². The third-order valence-electron chi connectivity index (χ3n) is 2.21. The van der Waals surface area contributed by atoms with Gasteiger partial charge in [0.05, 0.1) is 4.47 Å². The molecule has 0 saturated heterocycles. The molecule has 2 aromatic rings. The molecule has 0 aliphatic heterocycles. The number of hydrogen-bond acceptors (Lipinski definition) is 4. The van der Waals surface area contributed by atoms with Gasteiger partial charge in [-0.05, 0) is 41.1 Å². The number of benzene rings is 1. The Morgan fingerprint density at radius 2 is 2.05 bits per heavy atom. The smallest absolute Gasteiger partial charge is 0.159 e. The van der Waals surface area contributed by atoms with Crippen LogP contribution in [0, 0.1) is 11.6 Å². The summed E-state index contributed by atoms with van der Waals surface area (Å²) in [5.41, 5.74) is 0. The summed E-state index contributed by atoms with van der Waals surface area (Å²) >= 11 is 4.63. The second kappa shape index (κ2) is 6.29. The molecule has 0 fully saturated rings. The Morgan fingerprint density at radius 1 is 1.26 bits per heavy atom. The SMILES string of the molecule is CCNc1ncnc(Sc2ccc(F)c(F)c2)c1Br. The molecule has 0 spiro atoms. The Kier molecular flexibility index (Phi) is 4.71. The summed E-state index contributed by atoms with van der Waals surface area (Å²) in [6.07, 6.45) is 1.42. The summed E-state index contributed by atoms with van der Waals surface area (Å²) in [5.74, 6) is -1.07. The molecule has 0 aliphatic rings. The Bertz CT molecular complexity index is 595. The normalized spacial score (nSPS) is 10.5. The van der Waals surface area contributed by atoms with Crippen LogP contribution in [-0.2, 0) is 0 Å². The molecular weight excluding hydrogens is 336 g/mol. The maximum absolute atomic E-state index is 13.1. The van der Waals surface area contributed by atoms with Crippen molar-refractivity contribution in [2.45, 2.75) is 16.8 Å². The number of halogens is 3. The first kappa shape index (κ1) is 14.2. The highest BCUT2D eigenvalue weighted by atomic mass is 79.9. The fraction of sp³-hybridized carbons (Fsp3) is 0.167. The monoisotopic (exact) mass is 345 g/mol. The molecule has 19 heavy (non-hydrogen) atoms. The summed E-state index contributed by atoms with van der Waals surface area (Å²) in [6.45, 7) is 2.68. The van der Waals surface area contributed by atoms with Crippen molar-refractivity contribution >= 4 is 33.5 Å². The molecule has 0 bridgehead atoms. The van der Waals surface area contributed by atoms with E-state index in [0.29, 0.717) is 20.2 Å². The van der Waals surface area contributed by atoms with Crippen LogP contribution in [0.15, 0.2) is 38.9 Å². The van der Waals surface area contributed by atoms with Crippen molar-refractivity contribution in [3.63, 3.8) is 0 Å². The zero-order valence-corrected chi connectivity index (χ0v) is 12.4. The molecule has 100 valence electrons. The highest BCUT2D eigenvalue weighted by molar-refractivity contribution is 9.10. The van der Waals surface area contributed by atoms with Crippen LogP contribution in [0.5, 0.6) is 0 Å². The van der Waals surface area contributed by atoms with Crippen LogP contribution >= 0.6 is 27.7 Å². The number of nitrogens with zero attached hydrogens (tertiary/aromatic N) is 2. The molecule has 7 heteroatoms. The van der Waals surface area contributed by atoms with Crippen LogP contribution in [-0.4, -0.2) is 16.5 Å². The highest BCUT2D eigenvalue weighted by Gasteiger charge is 2.11. The van der Waals surface area contributed by atoms with Crippen LogP contribution in [0.1, 0.15) is 6.92 Å². The molecule has 2 rings (SSSR count). The average molecular weight is 346 g/mol. The highest BCUT2D eigenvalue weighted by Crippen LogP contribution is 2.35. The molecule has 0 aliphatic carbocycles. The quantitative estimate of drug-likeness (QED) is 0.846. The van der Waals surface area contributed by atoms with E-state index in [4.69, 9.17) is 0 Å². The van der Waals surface area contributed by atoms with Gasteiger partial charge in [0.2, 0.25) is 0 Å². The van der Waals surface area contributed by atoms with Crippen molar-refractivity contribution in [2.24, 2.45) is 0 Å². The second-order valence-electron chi connectivity index (χ2n) is 3.55. The Balaban J connectivity index is 2.27. The molecule has 1 aromatic carbocycles. The molecule has 0 radical (unpaired) electrons. The van der Waals surface area contributed by atoms with Crippen molar-refractivity contribution < 1.29 is 8.78 Å². The van der Waals surface area contributed by atoms with Gasteiger partial charge in [0.1, 0.15) is 17.2 Å². The fourth-order valence-electron chi connectivity index (χ4n) is 1.37. The number of hydrogen-bond donors (Lipinski definition) is 1. The van der Waals surface area contributed by atoms with Crippen molar-refractivity contribution in [3.8, 4) is 0 Å². The van der Waals surface area contributed by atoms with Gasteiger partial charge in [0, 0.05) is 11.4 Å². The zero-order chi connectivity index (χ0) is 13.8. The number of rotatable bonds is 4. The van der Waals surface area contributed by atoms with E-state index < -0.39 is 11.6 Å². The number of aromatic nitrogens is 2. The summed E-state index contributed by atoms with van der Waals surface area (Å²) in [6, 6.07) is 3.74. The van der Waals surface area contributed by atoms with Gasteiger partial charge >= 0.3 is 0 Å². The second-order valence-corrected chi connectivity index (χ2v) is 5.40. The first-order valence-corrected chi connectivity index (χ1v) is 7.10. The lowest BCUT2D eigenvalue weighted by atomic mass is 10.3. The van der Waals surface area contributed by atoms with E-state index in [1.807, 2.05) is 6.92 Å². The van der Waals surface area contributed by atoms with Gasteiger partial charge in [0.15, 0.2) is 11.6 Å². The molecular formula is C12H10BrF2N3S. The molecule has 0 saturated carbocycles. The summed E-state index contributed by atoms with van der Waals surface area (Å²) in [5, 5.41) is 3.71. The minimum absolute atomic E-state index is 0.570. The Morgan fingerprint density at radius 3 is 2.74 bits per heavy atom. The van der Waals surface area contributed by atoms with Crippen LogP contribution in [0.4, 0.5) is 14.6 Å². The van der Waals surface area contributed by atoms with Gasteiger partial charge in [0.25, 0.3) is 0 Å². The van der Waals surface area contributed by atoms with Crippen LogP contribution in [0.25, 0.3) is 0 Å². The summed E-state index contributed by atoms with van der Waals surface area (Å²) in [7, 11) is 0. The van der Waals surface area contributed by atoms with E-state index in [0.717, 1.165) is 18.7 Å². The number of anilines is 1. The van der Waals surface area contributed by atoms with Crippen molar-refractivity contribution in [3.05, 3.63) is 40.6 Å². The van der Waals surface area contributed by atoms with Gasteiger partial charge in [-0.15, -0.1) is 0 Å². The van der Waals surface area contributed by atoms with Gasteiger partial charge in [-0.2, -0.15) is 0 Å². The largest absolute Gasteiger partial charge is 0.369 e. The van der Waals surface area contributed by atoms with Gasteiger partial charge < -0.3 is 5.32 Å². The Hall–Kier alpha value is -1.21. The third-order valence-corrected chi connectivity index (χ3v) is 4.21. The van der Waals surface area contributed by atoms with Gasteiger partial charge in [-0.25, -0.2) is 18.7 Å². The molecule has 1 N–H and O–H groups in total. The maximum atomic E-state index is 13.1. The maximum Gasteiger partial charge on any atom is 0.159 e. The summed E-state index contributed by atoms with van der Waals surface area (Å²) < 4.78 is 26.7. The first-order chi connectivity index (χ1) is 9.11. The Labute approximate surface area is 122 Å². The van der Waals surface area contributed by atoms with E-state index in [2.05, 4.69) is 31.2 Å². The summed E-state index contributed by atoms with van der Waals surface area (Å²) in [4.78, 5) is 8.77. The molecule has 1 heterocycles. The van der Waals surface area contributed by atoms with E-state index in [1.165, 1.54) is 24.2 Å². The van der Waals surface area contributed by atoms with Crippen LogP contribution < -0.4 is 5.32 Å². The number of nitrogens with one attached hydrogen (secondary N) is 1. The minimum Gasteiger partial charge on any atom is -0.369 e. The predicted molar refractivity (Wildman–Crippen MR) is 74.4 cm³/mol. The predicted octanol–water partition coefficient (Wildman–Crippen LogP) is 4.10. The van der Waals surface area contributed by atoms with Crippen molar-refractivity contribution in [1.82, 2.24) is 9.97 Å². The van der Waals surface area contributed by atoms with E-state index in [-0.39, 0.29) is 0 Å². The zero-order valence-electron chi connectivity index (χ0n) is 9.95. The van der Waals surface area contributed by atoms with Crippen molar-refractivity contribution in [2.75, 3.05) is 11.9 Å². The molecule has 0 amide bonds. The third kappa shape index (κ3) is 3.42. The first-order valence-electron chi connectivity index (χ1n) is 5.49. The van der Waals surface area contributed by atoms with Crippen molar-refractivity contribution in [1.29, 1.82) is 0 Å². The lowest BCUT2D eigenvalue weighted by molar-refractivity contribution is 0.506. The standard InChI is InChI=1S/C12H10BrF2N3S/c1-2-16-11-10(13)12(18-6-17-11)19-7-3-4-8(14)9(15)5-7/h3-6H,2H2,1H3,(H,16,17,18). The lowest BCUT2D eigenvalue weighted by Crippen LogP contribution is -2.01.